The molecule has 9 nitrogen and oxygen atoms in total. The molecule has 1 aliphatic rings. The van der Waals surface area contributed by atoms with Crippen LogP contribution < -0.4 is 10.6 Å². The minimum atomic E-state index is -1.02. The Balaban J connectivity index is 1.32. The fraction of sp³-hybridized carbons (Fsp3) is 0.250. The van der Waals surface area contributed by atoms with E-state index in [9.17, 15) is 14.4 Å². The lowest BCUT2D eigenvalue weighted by atomic mass is 9.98. The summed E-state index contributed by atoms with van der Waals surface area (Å²) in [6.45, 7) is 0.204. The average Bonchev–Trinajstić information content (AvgIpc) is 3.42. The third-order valence-electron chi connectivity index (χ3n) is 5.51. The number of fused-ring (bicyclic) bond motifs is 3. The van der Waals surface area contributed by atoms with Crippen LogP contribution in [0.4, 0.5) is 9.93 Å². The van der Waals surface area contributed by atoms with Gasteiger partial charge in [0.05, 0.1) is 18.7 Å². The van der Waals surface area contributed by atoms with Crippen molar-refractivity contribution in [1.82, 2.24) is 10.3 Å². The van der Waals surface area contributed by atoms with Gasteiger partial charge in [-0.2, -0.15) is 0 Å². The second-order valence-electron chi connectivity index (χ2n) is 7.65. The number of rotatable bonds is 9. The van der Waals surface area contributed by atoms with E-state index in [1.54, 1.807) is 0 Å². The van der Waals surface area contributed by atoms with Gasteiger partial charge in [-0.3, -0.25) is 14.9 Å². The minimum Gasteiger partial charge on any atom is -0.481 e. The molecule has 0 spiro atoms. The number of carbonyl (C=O) groups excluding carboxylic acids is 2. The first-order chi connectivity index (χ1) is 16.5. The molecule has 1 heterocycles. The normalized spacial score (nSPS) is 13.0. The zero-order valence-corrected chi connectivity index (χ0v) is 19.1. The Morgan fingerprint density at radius 2 is 1.74 bits per heavy atom. The Hall–Kier alpha value is -3.76. The first-order valence-electron chi connectivity index (χ1n) is 10.6. The first-order valence-corrected chi connectivity index (χ1v) is 11.4. The molecular weight excluding hydrogens is 458 g/mol. The third kappa shape index (κ3) is 5.24. The zero-order chi connectivity index (χ0) is 24.1. The molecule has 3 N–H and O–H groups in total. The number of nitrogens with zero attached hydrogens (tertiary/aromatic N) is 1. The van der Waals surface area contributed by atoms with Gasteiger partial charge in [-0.05, 0) is 22.3 Å². The zero-order valence-electron chi connectivity index (χ0n) is 18.3. The van der Waals surface area contributed by atoms with E-state index < -0.39 is 24.1 Å². The van der Waals surface area contributed by atoms with Crippen molar-refractivity contribution in [3.8, 4) is 11.1 Å². The lowest BCUT2D eigenvalue weighted by Crippen LogP contribution is -2.34. The number of aliphatic carboxylic acids is 1. The fourth-order valence-electron chi connectivity index (χ4n) is 3.89. The van der Waals surface area contributed by atoms with Crippen LogP contribution in [-0.2, 0) is 14.3 Å². The van der Waals surface area contributed by atoms with Crippen molar-refractivity contribution in [2.45, 2.75) is 18.4 Å². The van der Waals surface area contributed by atoms with Crippen LogP contribution in [0.15, 0.2) is 54.7 Å². The van der Waals surface area contributed by atoms with Gasteiger partial charge in [0.15, 0.2) is 5.13 Å². The number of carboxylic acid groups (broad SMARTS) is 1. The van der Waals surface area contributed by atoms with Crippen molar-refractivity contribution in [2.75, 3.05) is 25.6 Å². The lowest BCUT2D eigenvalue weighted by Gasteiger charge is -2.14. The van der Waals surface area contributed by atoms with Crippen LogP contribution >= 0.6 is 11.3 Å². The maximum Gasteiger partial charge on any atom is 0.413 e. The van der Waals surface area contributed by atoms with Crippen LogP contribution in [0.25, 0.3) is 11.1 Å². The Labute approximate surface area is 199 Å². The van der Waals surface area contributed by atoms with Crippen LogP contribution in [0.1, 0.15) is 33.1 Å². The SMILES string of the molecule is COC(CNC(=O)c1cnc(NC(=O)OCC2c3ccccc3-c3ccccc32)s1)CC(=O)O. The first kappa shape index (κ1) is 23.4. The van der Waals surface area contributed by atoms with E-state index in [1.165, 1.54) is 13.3 Å². The van der Waals surface area contributed by atoms with Crippen molar-refractivity contribution in [2.24, 2.45) is 0 Å². The summed E-state index contributed by atoms with van der Waals surface area (Å²) in [5, 5.41) is 14.2. The van der Waals surface area contributed by atoms with Gasteiger partial charge in [0.2, 0.25) is 0 Å². The Bertz CT molecular complexity index is 1170. The molecule has 0 radical (unpaired) electrons. The predicted molar refractivity (Wildman–Crippen MR) is 126 cm³/mol. The molecule has 10 heteroatoms. The third-order valence-corrected chi connectivity index (χ3v) is 6.42. The Morgan fingerprint density at radius 3 is 2.35 bits per heavy atom. The van der Waals surface area contributed by atoms with Crippen molar-refractivity contribution in [3.63, 3.8) is 0 Å². The van der Waals surface area contributed by atoms with Crippen LogP contribution in [0.3, 0.4) is 0 Å². The molecule has 4 rings (SSSR count). The molecule has 1 unspecified atom stereocenters. The summed E-state index contributed by atoms with van der Waals surface area (Å²) < 4.78 is 10.5. The van der Waals surface area contributed by atoms with E-state index in [2.05, 4.69) is 27.8 Å². The number of benzene rings is 2. The molecule has 0 fully saturated rings. The Morgan fingerprint density at radius 1 is 1.09 bits per heavy atom. The highest BCUT2D eigenvalue weighted by atomic mass is 32.1. The quantitative estimate of drug-likeness (QED) is 0.425. The van der Waals surface area contributed by atoms with E-state index in [0.29, 0.717) is 0 Å². The van der Waals surface area contributed by atoms with Crippen molar-refractivity contribution in [1.29, 1.82) is 0 Å². The molecule has 0 aliphatic heterocycles. The topological polar surface area (TPSA) is 127 Å². The molecular formula is C24H23N3O6S. The molecule has 2 amide bonds. The summed E-state index contributed by atoms with van der Waals surface area (Å²) in [6, 6.07) is 16.1. The standard InChI is InChI=1S/C24H23N3O6S/c1-32-14(10-21(28)29)11-25-22(30)20-12-26-23(34-20)27-24(31)33-13-19-17-8-4-2-6-15(17)16-7-3-5-9-18(16)19/h2-9,12,14,19H,10-11,13H2,1H3,(H,25,30)(H,28,29)(H,26,27,31). The predicted octanol–water partition coefficient (Wildman–Crippen LogP) is 3.72. The summed E-state index contributed by atoms with van der Waals surface area (Å²) in [5.41, 5.74) is 4.51. The highest BCUT2D eigenvalue weighted by Crippen LogP contribution is 2.44. The van der Waals surface area contributed by atoms with Gasteiger partial charge in [0.1, 0.15) is 11.5 Å². The van der Waals surface area contributed by atoms with Gasteiger partial charge in [0.25, 0.3) is 5.91 Å². The number of thiazole rings is 1. The van der Waals surface area contributed by atoms with E-state index >= 15 is 0 Å². The number of amides is 2. The summed E-state index contributed by atoms with van der Waals surface area (Å²) in [5.74, 6) is -1.52. The average molecular weight is 482 g/mol. The second-order valence-corrected chi connectivity index (χ2v) is 8.68. The van der Waals surface area contributed by atoms with Gasteiger partial charge in [-0.1, -0.05) is 59.9 Å². The van der Waals surface area contributed by atoms with Gasteiger partial charge in [-0.15, -0.1) is 0 Å². The van der Waals surface area contributed by atoms with Crippen molar-refractivity contribution < 1.29 is 29.0 Å². The second kappa shape index (κ2) is 10.4. The molecule has 3 aromatic rings. The minimum absolute atomic E-state index is 0.0364. The maximum atomic E-state index is 12.4. The lowest BCUT2D eigenvalue weighted by molar-refractivity contribution is -0.139. The van der Waals surface area contributed by atoms with Crippen LogP contribution in [-0.4, -0.2) is 54.4 Å². The molecule has 2 aromatic carbocycles. The number of carbonyl (C=O) groups is 3. The molecule has 1 aliphatic carbocycles. The number of nitrogens with one attached hydrogen (secondary N) is 2. The van der Waals surface area contributed by atoms with Gasteiger partial charge >= 0.3 is 12.1 Å². The highest BCUT2D eigenvalue weighted by Gasteiger charge is 2.29. The van der Waals surface area contributed by atoms with E-state index in [-0.39, 0.29) is 35.5 Å². The number of anilines is 1. The van der Waals surface area contributed by atoms with Crippen LogP contribution in [0, 0.1) is 0 Å². The molecule has 176 valence electrons. The summed E-state index contributed by atoms with van der Waals surface area (Å²) in [6.07, 6.45) is -0.205. The number of hydrogen-bond acceptors (Lipinski definition) is 7. The van der Waals surface area contributed by atoms with Crippen molar-refractivity contribution in [3.05, 3.63) is 70.7 Å². The van der Waals surface area contributed by atoms with Gasteiger partial charge < -0.3 is 19.9 Å². The molecule has 0 bridgehead atoms. The molecule has 1 atom stereocenters. The largest absolute Gasteiger partial charge is 0.481 e. The number of methoxy groups -OCH3 is 1. The smallest absolute Gasteiger partial charge is 0.413 e. The number of aromatic nitrogens is 1. The highest BCUT2D eigenvalue weighted by molar-refractivity contribution is 7.17. The number of hydrogen-bond donors (Lipinski definition) is 3. The van der Waals surface area contributed by atoms with Gasteiger partial charge in [0, 0.05) is 19.6 Å². The molecule has 1 aromatic heterocycles. The van der Waals surface area contributed by atoms with Crippen LogP contribution in [0.2, 0.25) is 0 Å². The van der Waals surface area contributed by atoms with E-state index in [1.807, 2.05) is 36.4 Å². The van der Waals surface area contributed by atoms with Crippen LogP contribution in [0.5, 0.6) is 0 Å². The molecule has 0 saturated heterocycles. The molecule has 0 saturated carbocycles. The van der Waals surface area contributed by atoms with E-state index in [4.69, 9.17) is 14.6 Å². The van der Waals surface area contributed by atoms with Gasteiger partial charge in [-0.25, -0.2) is 9.78 Å². The number of carboxylic acids is 1. The molecule has 34 heavy (non-hydrogen) atoms. The monoisotopic (exact) mass is 481 g/mol. The summed E-state index contributed by atoms with van der Waals surface area (Å²) in [4.78, 5) is 39.8. The summed E-state index contributed by atoms with van der Waals surface area (Å²) >= 11 is 0.985. The number of ether oxygens (including phenoxy) is 2. The fourth-order valence-corrected chi connectivity index (χ4v) is 4.60. The maximum absolute atomic E-state index is 12.4. The summed E-state index contributed by atoms with van der Waals surface area (Å²) in [7, 11) is 1.38. The Kier molecular flexibility index (Phi) is 7.19. The van der Waals surface area contributed by atoms with E-state index in [0.717, 1.165) is 33.6 Å². The van der Waals surface area contributed by atoms with Crippen molar-refractivity contribution >= 4 is 34.4 Å².